The van der Waals surface area contributed by atoms with Gasteiger partial charge in [-0.05, 0) is 52.0 Å². The van der Waals surface area contributed by atoms with Crippen LogP contribution in [0.1, 0.15) is 27.7 Å². The Morgan fingerprint density at radius 3 is 2.18 bits per heavy atom. The molecule has 0 aliphatic carbocycles. The van der Waals surface area contributed by atoms with E-state index in [1.165, 1.54) is 0 Å². The van der Waals surface area contributed by atoms with E-state index in [0.717, 1.165) is 11.4 Å². The van der Waals surface area contributed by atoms with Crippen LogP contribution in [0, 0.1) is 0 Å². The molecule has 0 saturated carbocycles. The smallest absolute Gasteiger partial charge is 0.119 e. The van der Waals surface area contributed by atoms with Crippen molar-refractivity contribution in [3.8, 4) is 5.75 Å². The molecule has 0 aromatic heterocycles. The highest BCUT2D eigenvalue weighted by Gasteiger charge is 2.15. The minimum absolute atomic E-state index is 0.190. The van der Waals surface area contributed by atoms with Crippen molar-refractivity contribution in [1.82, 2.24) is 0 Å². The van der Waals surface area contributed by atoms with E-state index in [0.29, 0.717) is 6.54 Å². The SMILES string of the molecule is CC(C)Oc1ccc(N(C)CC(C)(C)O)cc1. The summed E-state index contributed by atoms with van der Waals surface area (Å²) in [5.74, 6) is 0.875. The molecule has 3 heteroatoms. The lowest BCUT2D eigenvalue weighted by atomic mass is 10.1. The van der Waals surface area contributed by atoms with E-state index < -0.39 is 5.60 Å². The number of anilines is 1. The molecule has 0 bridgehead atoms. The van der Waals surface area contributed by atoms with Gasteiger partial charge in [-0.1, -0.05) is 0 Å². The Hall–Kier alpha value is -1.22. The van der Waals surface area contributed by atoms with Gasteiger partial charge >= 0.3 is 0 Å². The average Bonchev–Trinajstić information content (AvgIpc) is 2.15. The van der Waals surface area contributed by atoms with E-state index >= 15 is 0 Å². The lowest BCUT2D eigenvalue weighted by Crippen LogP contribution is -2.36. The van der Waals surface area contributed by atoms with Crippen LogP contribution in [0.4, 0.5) is 5.69 Å². The van der Waals surface area contributed by atoms with Crippen LogP contribution < -0.4 is 9.64 Å². The first-order chi connectivity index (χ1) is 7.78. The van der Waals surface area contributed by atoms with Gasteiger partial charge in [-0.15, -0.1) is 0 Å². The average molecular weight is 237 g/mol. The maximum Gasteiger partial charge on any atom is 0.119 e. The zero-order chi connectivity index (χ0) is 13.1. The van der Waals surface area contributed by atoms with Crippen LogP contribution in [-0.4, -0.2) is 30.4 Å². The van der Waals surface area contributed by atoms with Gasteiger partial charge in [-0.3, -0.25) is 0 Å². The number of hydrogen-bond donors (Lipinski definition) is 1. The molecule has 0 heterocycles. The summed E-state index contributed by atoms with van der Waals surface area (Å²) in [5.41, 5.74) is 0.380. The van der Waals surface area contributed by atoms with Crippen molar-refractivity contribution in [2.75, 3.05) is 18.5 Å². The summed E-state index contributed by atoms with van der Waals surface area (Å²) >= 11 is 0. The first-order valence-electron chi connectivity index (χ1n) is 5.98. The monoisotopic (exact) mass is 237 g/mol. The van der Waals surface area contributed by atoms with E-state index in [-0.39, 0.29) is 6.10 Å². The minimum Gasteiger partial charge on any atom is -0.491 e. The summed E-state index contributed by atoms with van der Waals surface area (Å²) in [5, 5.41) is 9.76. The number of nitrogens with zero attached hydrogens (tertiary/aromatic N) is 1. The largest absolute Gasteiger partial charge is 0.491 e. The first-order valence-corrected chi connectivity index (χ1v) is 5.98. The molecular weight excluding hydrogens is 214 g/mol. The number of ether oxygens (including phenoxy) is 1. The third kappa shape index (κ3) is 5.09. The van der Waals surface area contributed by atoms with Crippen molar-refractivity contribution in [1.29, 1.82) is 0 Å². The molecule has 0 aliphatic rings. The molecule has 1 aromatic carbocycles. The number of rotatable bonds is 5. The Morgan fingerprint density at radius 2 is 1.76 bits per heavy atom. The summed E-state index contributed by atoms with van der Waals surface area (Å²) in [6, 6.07) is 7.92. The standard InChI is InChI=1S/C14H23NO2/c1-11(2)17-13-8-6-12(7-9-13)15(5)10-14(3,4)16/h6-9,11,16H,10H2,1-5H3. The molecule has 17 heavy (non-hydrogen) atoms. The minimum atomic E-state index is -0.693. The van der Waals surface area contributed by atoms with E-state index in [2.05, 4.69) is 0 Å². The fourth-order valence-electron chi connectivity index (χ4n) is 1.72. The highest BCUT2D eigenvalue weighted by molar-refractivity contribution is 5.48. The Bertz CT molecular complexity index is 338. The Balaban J connectivity index is 2.67. The Morgan fingerprint density at radius 1 is 1.24 bits per heavy atom. The number of aliphatic hydroxyl groups is 1. The molecule has 0 atom stereocenters. The van der Waals surface area contributed by atoms with Crippen molar-refractivity contribution in [3.05, 3.63) is 24.3 Å². The van der Waals surface area contributed by atoms with Gasteiger partial charge in [0.1, 0.15) is 5.75 Å². The molecule has 0 saturated heterocycles. The topological polar surface area (TPSA) is 32.7 Å². The van der Waals surface area contributed by atoms with Gasteiger partial charge in [0.25, 0.3) is 0 Å². The molecular formula is C14H23NO2. The predicted octanol–water partition coefficient (Wildman–Crippen LogP) is 2.68. The summed E-state index contributed by atoms with van der Waals surface area (Å²) in [6.45, 7) is 8.22. The molecule has 3 nitrogen and oxygen atoms in total. The van der Waals surface area contributed by atoms with Crippen LogP contribution in [0.3, 0.4) is 0 Å². The van der Waals surface area contributed by atoms with Crippen LogP contribution in [0.15, 0.2) is 24.3 Å². The molecule has 1 rings (SSSR count). The van der Waals surface area contributed by atoms with Gasteiger partial charge in [0.05, 0.1) is 11.7 Å². The molecule has 1 aromatic rings. The van der Waals surface area contributed by atoms with Crippen molar-refractivity contribution in [2.24, 2.45) is 0 Å². The van der Waals surface area contributed by atoms with Gasteiger partial charge in [0.15, 0.2) is 0 Å². The molecule has 96 valence electrons. The number of hydrogen-bond acceptors (Lipinski definition) is 3. The fraction of sp³-hybridized carbons (Fsp3) is 0.571. The lowest BCUT2D eigenvalue weighted by molar-refractivity contribution is 0.0886. The van der Waals surface area contributed by atoms with Crippen LogP contribution in [0.2, 0.25) is 0 Å². The zero-order valence-corrected chi connectivity index (χ0v) is 11.4. The summed E-state index contributed by atoms with van der Waals surface area (Å²) in [6.07, 6.45) is 0.190. The zero-order valence-electron chi connectivity index (χ0n) is 11.4. The third-order valence-electron chi connectivity index (χ3n) is 2.27. The van der Waals surface area contributed by atoms with Gasteiger partial charge in [-0.25, -0.2) is 0 Å². The second-order valence-electron chi connectivity index (χ2n) is 5.33. The quantitative estimate of drug-likeness (QED) is 0.854. The van der Waals surface area contributed by atoms with Crippen LogP contribution in [-0.2, 0) is 0 Å². The van der Waals surface area contributed by atoms with E-state index in [1.807, 2.05) is 50.1 Å². The summed E-state index contributed by atoms with van der Waals surface area (Å²) < 4.78 is 5.58. The number of likely N-dealkylation sites (N-methyl/N-ethyl adjacent to an activating group) is 1. The third-order valence-corrected chi connectivity index (χ3v) is 2.27. The summed E-state index contributed by atoms with van der Waals surface area (Å²) in [4.78, 5) is 2.03. The van der Waals surface area contributed by atoms with Gasteiger partial charge in [0.2, 0.25) is 0 Å². The number of benzene rings is 1. The van der Waals surface area contributed by atoms with Crippen LogP contribution >= 0.6 is 0 Å². The Labute approximate surface area is 104 Å². The molecule has 0 amide bonds. The molecule has 0 fully saturated rings. The van der Waals surface area contributed by atoms with Crippen molar-refractivity contribution < 1.29 is 9.84 Å². The molecule has 1 N–H and O–H groups in total. The second kappa shape index (κ2) is 5.41. The summed E-state index contributed by atoms with van der Waals surface area (Å²) in [7, 11) is 1.97. The maximum absolute atomic E-state index is 9.76. The molecule has 0 aliphatic heterocycles. The highest BCUT2D eigenvalue weighted by atomic mass is 16.5. The van der Waals surface area contributed by atoms with E-state index in [1.54, 1.807) is 13.8 Å². The predicted molar refractivity (Wildman–Crippen MR) is 71.8 cm³/mol. The van der Waals surface area contributed by atoms with Crippen LogP contribution in [0.25, 0.3) is 0 Å². The molecule has 0 unspecified atom stereocenters. The fourth-order valence-corrected chi connectivity index (χ4v) is 1.72. The van der Waals surface area contributed by atoms with Crippen molar-refractivity contribution in [3.63, 3.8) is 0 Å². The van der Waals surface area contributed by atoms with Crippen molar-refractivity contribution in [2.45, 2.75) is 39.4 Å². The second-order valence-corrected chi connectivity index (χ2v) is 5.33. The van der Waals surface area contributed by atoms with E-state index in [4.69, 9.17) is 4.74 Å². The highest BCUT2D eigenvalue weighted by Crippen LogP contribution is 2.20. The normalized spacial score (nSPS) is 11.7. The van der Waals surface area contributed by atoms with Gasteiger partial charge < -0.3 is 14.7 Å². The van der Waals surface area contributed by atoms with E-state index in [9.17, 15) is 5.11 Å². The first kappa shape index (κ1) is 13.8. The van der Waals surface area contributed by atoms with Gasteiger partial charge in [-0.2, -0.15) is 0 Å². The lowest BCUT2D eigenvalue weighted by Gasteiger charge is -2.27. The van der Waals surface area contributed by atoms with Crippen LogP contribution in [0.5, 0.6) is 5.75 Å². The molecule has 0 spiro atoms. The Kier molecular flexibility index (Phi) is 4.40. The molecule has 0 radical (unpaired) electrons. The maximum atomic E-state index is 9.76. The van der Waals surface area contributed by atoms with Crippen molar-refractivity contribution >= 4 is 5.69 Å². The van der Waals surface area contributed by atoms with Gasteiger partial charge in [0, 0.05) is 19.3 Å².